The van der Waals surface area contributed by atoms with E-state index in [9.17, 15) is 13.2 Å². The lowest BCUT2D eigenvalue weighted by Crippen LogP contribution is -2.48. The van der Waals surface area contributed by atoms with Crippen LogP contribution in [-0.4, -0.2) is 55.9 Å². The molecular weight excluding hydrogens is 312 g/mol. The summed E-state index contributed by atoms with van der Waals surface area (Å²) in [5.41, 5.74) is 0. The van der Waals surface area contributed by atoms with Gasteiger partial charge in [-0.25, -0.2) is 8.42 Å². The van der Waals surface area contributed by atoms with Crippen molar-refractivity contribution >= 4 is 28.2 Å². The molecule has 21 heavy (non-hydrogen) atoms. The highest BCUT2D eigenvalue weighted by Gasteiger charge is 2.37. The number of halogens is 1. The van der Waals surface area contributed by atoms with Crippen LogP contribution < -0.4 is 5.32 Å². The van der Waals surface area contributed by atoms with Gasteiger partial charge in [-0.2, -0.15) is 0 Å². The number of sulfone groups is 1. The summed E-state index contributed by atoms with van der Waals surface area (Å²) >= 11 is 0. The highest BCUT2D eigenvalue weighted by molar-refractivity contribution is 7.91. The third kappa shape index (κ3) is 4.83. The van der Waals surface area contributed by atoms with E-state index in [1.807, 2.05) is 11.8 Å². The lowest BCUT2D eigenvalue weighted by atomic mass is 9.91. The molecule has 7 heteroatoms. The van der Waals surface area contributed by atoms with Gasteiger partial charge in [0.15, 0.2) is 9.84 Å². The molecule has 2 rings (SSSR count). The molecule has 0 spiro atoms. The number of amides is 1. The van der Waals surface area contributed by atoms with Crippen LogP contribution in [0, 0.1) is 5.92 Å². The average Bonchev–Trinajstić information content (AvgIpc) is 2.75. The number of nitrogens with one attached hydrogen (secondary N) is 1. The van der Waals surface area contributed by atoms with E-state index in [-0.39, 0.29) is 41.8 Å². The summed E-state index contributed by atoms with van der Waals surface area (Å²) in [6.45, 7) is 5.69. The molecule has 124 valence electrons. The van der Waals surface area contributed by atoms with Crippen LogP contribution in [0.4, 0.5) is 0 Å². The fourth-order valence-electron chi connectivity index (χ4n) is 3.33. The van der Waals surface area contributed by atoms with Crippen molar-refractivity contribution < 1.29 is 13.2 Å². The summed E-state index contributed by atoms with van der Waals surface area (Å²) < 4.78 is 23.3. The average molecular weight is 339 g/mol. The van der Waals surface area contributed by atoms with Crippen LogP contribution in [0.3, 0.4) is 0 Å². The Morgan fingerprint density at radius 1 is 1.33 bits per heavy atom. The number of rotatable bonds is 4. The van der Waals surface area contributed by atoms with E-state index in [0.29, 0.717) is 19.0 Å². The van der Waals surface area contributed by atoms with Gasteiger partial charge in [-0.15, -0.1) is 12.4 Å². The first-order valence-corrected chi connectivity index (χ1v) is 9.49. The molecule has 2 fully saturated rings. The quantitative estimate of drug-likeness (QED) is 0.837. The topological polar surface area (TPSA) is 66.5 Å². The standard InChI is InChI=1S/C14H26N2O3S.ClH/c1-3-7-16(13-5-8-20(18,19)10-13)14(17)12-4-6-15-11(2)9-12;/h11-13,15H,3-10H2,1-2H3;1H/t11-,12-,13?;/m0./s1. The van der Waals surface area contributed by atoms with Crippen LogP contribution in [0.25, 0.3) is 0 Å². The van der Waals surface area contributed by atoms with Crippen molar-refractivity contribution in [1.29, 1.82) is 0 Å². The molecule has 1 unspecified atom stereocenters. The van der Waals surface area contributed by atoms with Gasteiger partial charge in [0.2, 0.25) is 5.91 Å². The van der Waals surface area contributed by atoms with Crippen LogP contribution in [0.1, 0.15) is 39.5 Å². The molecule has 3 atom stereocenters. The predicted molar refractivity (Wildman–Crippen MR) is 86.5 cm³/mol. The maximum atomic E-state index is 12.7. The maximum Gasteiger partial charge on any atom is 0.226 e. The van der Waals surface area contributed by atoms with Crippen LogP contribution in [0.15, 0.2) is 0 Å². The SMILES string of the molecule is CCCN(C(=O)[C@H]1CCN[C@@H](C)C1)C1CCS(=O)(=O)C1.Cl. The Morgan fingerprint density at radius 2 is 2.05 bits per heavy atom. The molecule has 5 nitrogen and oxygen atoms in total. The fourth-order valence-corrected chi connectivity index (χ4v) is 5.06. The second-order valence-corrected chi connectivity index (χ2v) is 8.39. The first-order valence-electron chi connectivity index (χ1n) is 7.67. The molecule has 0 bridgehead atoms. The van der Waals surface area contributed by atoms with E-state index >= 15 is 0 Å². The monoisotopic (exact) mass is 338 g/mol. The Hall–Kier alpha value is -0.330. The van der Waals surface area contributed by atoms with Gasteiger partial charge < -0.3 is 10.2 Å². The van der Waals surface area contributed by atoms with Gasteiger partial charge in [0, 0.05) is 24.5 Å². The van der Waals surface area contributed by atoms with E-state index in [0.717, 1.165) is 25.8 Å². The third-order valence-electron chi connectivity index (χ3n) is 4.37. The largest absolute Gasteiger partial charge is 0.338 e. The summed E-state index contributed by atoms with van der Waals surface area (Å²) in [6, 6.07) is 0.270. The maximum absolute atomic E-state index is 12.7. The lowest BCUT2D eigenvalue weighted by molar-refractivity contribution is -0.138. The predicted octanol–water partition coefficient (Wildman–Crippen LogP) is 1.22. The van der Waals surface area contributed by atoms with Gasteiger partial charge in [0.05, 0.1) is 11.5 Å². The molecule has 0 aliphatic carbocycles. The van der Waals surface area contributed by atoms with Crippen LogP contribution in [0.5, 0.6) is 0 Å². The molecule has 1 amide bonds. The van der Waals surface area contributed by atoms with E-state index in [1.54, 1.807) is 0 Å². The summed E-state index contributed by atoms with van der Waals surface area (Å²) in [7, 11) is -2.94. The molecule has 2 saturated heterocycles. The van der Waals surface area contributed by atoms with Crippen molar-refractivity contribution in [2.24, 2.45) is 5.92 Å². The summed E-state index contributed by atoms with van der Waals surface area (Å²) in [6.07, 6.45) is 3.21. The number of carbonyl (C=O) groups excluding carboxylic acids is 1. The first-order chi connectivity index (χ1) is 9.43. The molecule has 2 heterocycles. The number of hydrogen-bond acceptors (Lipinski definition) is 4. The smallest absolute Gasteiger partial charge is 0.226 e. The molecule has 0 aromatic carbocycles. The van der Waals surface area contributed by atoms with Crippen molar-refractivity contribution in [3.8, 4) is 0 Å². The van der Waals surface area contributed by atoms with Gasteiger partial charge in [-0.05, 0) is 39.2 Å². The number of hydrogen-bond donors (Lipinski definition) is 1. The normalized spacial score (nSPS) is 31.4. The lowest BCUT2D eigenvalue weighted by Gasteiger charge is -2.35. The number of piperidine rings is 1. The summed E-state index contributed by atoms with van der Waals surface area (Å²) in [5.74, 6) is 0.607. The Labute approximate surface area is 134 Å². The Kier molecular flexibility index (Phi) is 6.94. The fraction of sp³-hybridized carbons (Fsp3) is 0.929. The Bertz CT molecular complexity index is 455. The van der Waals surface area contributed by atoms with Gasteiger partial charge in [-0.1, -0.05) is 6.92 Å². The van der Waals surface area contributed by atoms with Crippen LogP contribution in [-0.2, 0) is 14.6 Å². The zero-order chi connectivity index (χ0) is 14.8. The van der Waals surface area contributed by atoms with Crippen molar-refractivity contribution in [3.63, 3.8) is 0 Å². The Balaban J connectivity index is 0.00000220. The zero-order valence-electron chi connectivity index (χ0n) is 12.9. The molecular formula is C14H27ClN2O3S. The van der Waals surface area contributed by atoms with Crippen molar-refractivity contribution in [2.45, 2.75) is 51.6 Å². The molecule has 0 saturated carbocycles. The minimum Gasteiger partial charge on any atom is -0.338 e. The van der Waals surface area contributed by atoms with E-state index in [4.69, 9.17) is 0 Å². The van der Waals surface area contributed by atoms with Gasteiger partial charge in [-0.3, -0.25) is 4.79 Å². The second kappa shape index (κ2) is 7.79. The van der Waals surface area contributed by atoms with Crippen LogP contribution in [0.2, 0.25) is 0 Å². The summed E-state index contributed by atoms with van der Waals surface area (Å²) in [4.78, 5) is 14.6. The molecule has 1 N–H and O–H groups in total. The first kappa shape index (κ1) is 18.7. The van der Waals surface area contributed by atoms with Crippen molar-refractivity contribution in [2.75, 3.05) is 24.6 Å². The highest BCUT2D eigenvalue weighted by atomic mass is 35.5. The highest BCUT2D eigenvalue weighted by Crippen LogP contribution is 2.24. The molecule has 2 aliphatic rings. The third-order valence-corrected chi connectivity index (χ3v) is 6.12. The van der Waals surface area contributed by atoms with Crippen LogP contribution >= 0.6 is 12.4 Å². The second-order valence-electron chi connectivity index (χ2n) is 6.16. The molecule has 2 aliphatic heterocycles. The van der Waals surface area contributed by atoms with E-state index in [2.05, 4.69) is 12.2 Å². The Morgan fingerprint density at radius 3 is 2.57 bits per heavy atom. The molecule has 0 aromatic heterocycles. The molecule has 0 aromatic rings. The number of carbonyl (C=O) groups is 1. The van der Waals surface area contributed by atoms with Gasteiger partial charge in [0.1, 0.15) is 0 Å². The zero-order valence-corrected chi connectivity index (χ0v) is 14.5. The number of nitrogens with zero attached hydrogens (tertiary/aromatic N) is 1. The van der Waals surface area contributed by atoms with Gasteiger partial charge in [0.25, 0.3) is 0 Å². The van der Waals surface area contributed by atoms with Crippen molar-refractivity contribution in [3.05, 3.63) is 0 Å². The molecule has 0 radical (unpaired) electrons. The minimum atomic E-state index is -2.94. The van der Waals surface area contributed by atoms with Crippen molar-refractivity contribution in [1.82, 2.24) is 10.2 Å². The summed E-state index contributed by atoms with van der Waals surface area (Å²) in [5, 5.41) is 3.35. The van der Waals surface area contributed by atoms with Gasteiger partial charge >= 0.3 is 0 Å². The minimum absolute atomic E-state index is 0. The van der Waals surface area contributed by atoms with E-state index < -0.39 is 9.84 Å². The van der Waals surface area contributed by atoms with E-state index in [1.165, 1.54) is 0 Å².